The van der Waals surface area contributed by atoms with Crippen molar-refractivity contribution >= 4 is 11.8 Å². The van der Waals surface area contributed by atoms with Gasteiger partial charge in [0.1, 0.15) is 0 Å². The Morgan fingerprint density at radius 2 is 2.20 bits per heavy atom. The molecule has 1 aliphatic rings. The van der Waals surface area contributed by atoms with E-state index >= 15 is 0 Å². The van der Waals surface area contributed by atoms with Crippen LogP contribution in [0, 0.1) is 0 Å². The summed E-state index contributed by atoms with van der Waals surface area (Å²) in [6.45, 7) is 8.32. The lowest BCUT2D eigenvalue weighted by molar-refractivity contribution is 0.137. The first kappa shape index (κ1) is 13.3. The molecule has 0 aromatic carbocycles. The largest absolute Gasteiger partial charge is 0.311 e. The van der Waals surface area contributed by atoms with Crippen molar-refractivity contribution < 1.29 is 0 Å². The summed E-state index contributed by atoms with van der Waals surface area (Å²) in [5, 5.41) is 3.60. The lowest BCUT2D eigenvalue weighted by Gasteiger charge is -2.38. The van der Waals surface area contributed by atoms with Gasteiger partial charge in [-0.25, -0.2) is 0 Å². The number of piperazine rings is 1. The van der Waals surface area contributed by atoms with Crippen LogP contribution < -0.4 is 5.32 Å². The van der Waals surface area contributed by atoms with Crippen molar-refractivity contribution in [1.82, 2.24) is 10.2 Å². The Balaban J connectivity index is 2.19. The van der Waals surface area contributed by atoms with Gasteiger partial charge in [-0.3, -0.25) is 4.90 Å². The van der Waals surface area contributed by atoms with Crippen molar-refractivity contribution in [3.8, 4) is 0 Å². The summed E-state index contributed by atoms with van der Waals surface area (Å²) in [4.78, 5) is 2.66. The molecule has 1 rings (SSSR count). The van der Waals surface area contributed by atoms with Gasteiger partial charge in [0.15, 0.2) is 0 Å². The number of thioether (sulfide) groups is 1. The molecule has 1 aliphatic heterocycles. The zero-order valence-corrected chi connectivity index (χ0v) is 11.3. The number of unbranched alkanes of at least 4 members (excludes halogenated alkanes) is 1. The number of rotatable bonds is 6. The van der Waals surface area contributed by atoms with Crippen LogP contribution in [0.2, 0.25) is 0 Å². The summed E-state index contributed by atoms with van der Waals surface area (Å²) < 4.78 is 0. The minimum Gasteiger partial charge on any atom is -0.311 e. The van der Waals surface area contributed by atoms with Crippen LogP contribution in [0.4, 0.5) is 0 Å². The number of hydrogen-bond donors (Lipinski definition) is 1. The Kier molecular flexibility index (Phi) is 6.69. The van der Waals surface area contributed by atoms with Crippen LogP contribution in [0.1, 0.15) is 33.1 Å². The molecule has 1 saturated heterocycles. The third-order valence-electron chi connectivity index (χ3n) is 3.32. The van der Waals surface area contributed by atoms with E-state index in [1.54, 1.807) is 0 Å². The van der Waals surface area contributed by atoms with Gasteiger partial charge in [-0.1, -0.05) is 6.92 Å². The lowest BCUT2D eigenvalue weighted by Crippen LogP contribution is -2.55. The number of hydrogen-bond acceptors (Lipinski definition) is 3. The van der Waals surface area contributed by atoms with Gasteiger partial charge in [-0.05, 0) is 44.7 Å². The van der Waals surface area contributed by atoms with E-state index in [1.807, 2.05) is 11.8 Å². The van der Waals surface area contributed by atoms with Crippen LogP contribution in [0.25, 0.3) is 0 Å². The molecule has 15 heavy (non-hydrogen) atoms. The summed E-state index contributed by atoms with van der Waals surface area (Å²) in [5.74, 6) is 1.32. The molecule has 0 radical (unpaired) electrons. The monoisotopic (exact) mass is 230 g/mol. The minimum absolute atomic E-state index is 0.724. The Morgan fingerprint density at radius 1 is 1.40 bits per heavy atom. The fraction of sp³-hybridized carbons (Fsp3) is 1.00. The standard InChI is InChI=1S/C12H26N2S/c1-4-12-10-14(11(2)9-13-12)7-5-6-8-15-3/h11-13H,4-10H2,1-3H3. The van der Waals surface area contributed by atoms with E-state index in [9.17, 15) is 0 Å². The quantitative estimate of drug-likeness (QED) is 0.704. The third-order valence-corrected chi connectivity index (χ3v) is 4.01. The van der Waals surface area contributed by atoms with Gasteiger partial charge in [0, 0.05) is 25.2 Å². The summed E-state index contributed by atoms with van der Waals surface area (Å²) >= 11 is 1.96. The molecule has 3 heteroatoms. The normalized spacial score (nSPS) is 28.2. The molecule has 1 fully saturated rings. The number of nitrogens with one attached hydrogen (secondary N) is 1. The zero-order valence-electron chi connectivity index (χ0n) is 10.5. The van der Waals surface area contributed by atoms with Crippen molar-refractivity contribution in [2.45, 2.75) is 45.2 Å². The van der Waals surface area contributed by atoms with Crippen molar-refractivity contribution in [3.63, 3.8) is 0 Å². The molecule has 0 saturated carbocycles. The fourth-order valence-corrected chi connectivity index (χ4v) is 2.63. The third kappa shape index (κ3) is 4.75. The van der Waals surface area contributed by atoms with E-state index in [-0.39, 0.29) is 0 Å². The Morgan fingerprint density at radius 3 is 2.87 bits per heavy atom. The second kappa shape index (κ2) is 7.53. The summed E-state index contributed by atoms with van der Waals surface area (Å²) in [6, 6.07) is 1.45. The van der Waals surface area contributed by atoms with Crippen LogP contribution in [0.3, 0.4) is 0 Å². The van der Waals surface area contributed by atoms with Gasteiger partial charge in [0.2, 0.25) is 0 Å². The van der Waals surface area contributed by atoms with Gasteiger partial charge in [0.05, 0.1) is 0 Å². The lowest BCUT2D eigenvalue weighted by atomic mass is 10.1. The smallest absolute Gasteiger partial charge is 0.0193 e. The van der Waals surface area contributed by atoms with Crippen LogP contribution in [-0.4, -0.2) is 48.6 Å². The van der Waals surface area contributed by atoms with Crippen molar-refractivity contribution in [1.29, 1.82) is 0 Å². The van der Waals surface area contributed by atoms with Gasteiger partial charge in [-0.15, -0.1) is 0 Å². The Bertz CT molecular complexity index is 164. The first-order valence-corrected chi connectivity index (χ1v) is 7.63. The predicted octanol–water partition coefficient (Wildman–Crippen LogP) is 2.20. The first-order chi connectivity index (χ1) is 7.27. The molecular formula is C12H26N2S. The molecule has 0 spiro atoms. The average molecular weight is 230 g/mol. The molecule has 0 aromatic heterocycles. The maximum Gasteiger partial charge on any atom is 0.0193 e. The zero-order chi connectivity index (χ0) is 11.1. The maximum atomic E-state index is 3.60. The highest BCUT2D eigenvalue weighted by atomic mass is 32.2. The van der Waals surface area contributed by atoms with Crippen LogP contribution in [0.5, 0.6) is 0 Å². The minimum atomic E-state index is 0.724. The topological polar surface area (TPSA) is 15.3 Å². The molecule has 0 bridgehead atoms. The van der Waals surface area contributed by atoms with Gasteiger partial charge in [0.25, 0.3) is 0 Å². The SMILES string of the molecule is CCC1CN(CCCCSC)C(C)CN1. The van der Waals surface area contributed by atoms with E-state index in [1.165, 1.54) is 44.6 Å². The van der Waals surface area contributed by atoms with Crippen molar-refractivity contribution in [2.75, 3.05) is 31.6 Å². The summed E-state index contributed by atoms with van der Waals surface area (Å²) in [5.41, 5.74) is 0. The fourth-order valence-electron chi connectivity index (χ4n) is 2.14. The van der Waals surface area contributed by atoms with E-state index in [4.69, 9.17) is 0 Å². The molecule has 0 aliphatic carbocycles. The average Bonchev–Trinajstić information content (AvgIpc) is 2.26. The Hall–Kier alpha value is 0.270. The van der Waals surface area contributed by atoms with Gasteiger partial charge < -0.3 is 5.32 Å². The van der Waals surface area contributed by atoms with E-state index in [2.05, 4.69) is 30.3 Å². The molecular weight excluding hydrogens is 204 g/mol. The number of nitrogens with zero attached hydrogens (tertiary/aromatic N) is 1. The van der Waals surface area contributed by atoms with E-state index < -0.39 is 0 Å². The van der Waals surface area contributed by atoms with Crippen LogP contribution in [0.15, 0.2) is 0 Å². The molecule has 2 nitrogen and oxygen atoms in total. The van der Waals surface area contributed by atoms with E-state index in [0.717, 1.165) is 12.1 Å². The maximum absolute atomic E-state index is 3.60. The molecule has 90 valence electrons. The highest BCUT2D eigenvalue weighted by Gasteiger charge is 2.22. The second-order valence-electron chi connectivity index (χ2n) is 4.56. The van der Waals surface area contributed by atoms with Crippen LogP contribution >= 0.6 is 11.8 Å². The van der Waals surface area contributed by atoms with Crippen LogP contribution in [-0.2, 0) is 0 Å². The van der Waals surface area contributed by atoms with Gasteiger partial charge >= 0.3 is 0 Å². The molecule has 0 aromatic rings. The molecule has 2 atom stereocenters. The summed E-state index contributed by atoms with van der Waals surface area (Å²) in [6.07, 6.45) is 6.19. The molecule has 1 N–H and O–H groups in total. The van der Waals surface area contributed by atoms with Gasteiger partial charge in [-0.2, -0.15) is 11.8 Å². The highest BCUT2D eigenvalue weighted by Crippen LogP contribution is 2.10. The van der Waals surface area contributed by atoms with Crippen molar-refractivity contribution in [2.24, 2.45) is 0 Å². The first-order valence-electron chi connectivity index (χ1n) is 6.24. The molecule has 2 unspecified atom stereocenters. The molecule has 1 heterocycles. The summed E-state index contributed by atoms with van der Waals surface area (Å²) in [7, 11) is 0. The van der Waals surface area contributed by atoms with Crippen molar-refractivity contribution in [3.05, 3.63) is 0 Å². The second-order valence-corrected chi connectivity index (χ2v) is 5.54. The predicted molar refractivity (Wildman–Crippen MR) is 70.7 cm³/mol. The Labute approximate surface area is 99.2 Å². The van der Waals surface area contributed by atoms with E-state index in [0.29, 0.717) is 0 Å². The highest BCUT2D eigenvalue weighted by molar-refractivity contribution is 7.98. The molecule has 0 amide bonds.